The van der Waals surface area contributed by atoms with Crippen molar-refractivity contribution < 1.29 is 9.18 Å². The highest BCUT2D eigenvalue weighted by Gasteiger charge is 2.27. The molecule has 0 bridgehead atoms. The van der Waals surface area contributed by atoms with Crippen molar-refractivity contribution in [2.45, 2.75) is 38.3 Å². The number of halogens is 1. The van der Waals surface area contributed by atoms with E-state index in [1.165, 1.54) is 22.8 Å². The van der Waals surface area contributed by atoms with E-state index < -0.39 is 0 Å². The fraction of sp³-hybridized carbons (Fsp3) is 0.409. The molecule has 136 valence electrons. The van der Waals surface area contributed by atoms with E-state index in [0.717, 1.165) is 37.8 Å². The van der Waals surface area contributed by atoms with Crippen LogP contribution in [-0.2, 0) is 30.6 Å². The summed E-state index contributed by atoms with van der Waals surface area (Å²) in [4.78, 5) is 14.9. The van der Waals surface area contributed by atoms with E-state index in [9.17, 15) is 9.18 Å². The lowest BCUT2D eigenvalue weighted by molar-refractivity contribution is -0.125. The monoisotopic (exact) mass is 352 g/mol. The maximum Gasteiger partial charge on any atom is 0.223 e. The van der Waals surface area contributed by atoms with Gasteiger partial charge in [0.1, 0.15) is 5.82 Å². The molecule has 4 rings (SSSR count). The van der Waals surface area contributed by atoms with Crippen molar-refractivity contribution in [1.82, 2.24) is 10.2 Å². The molecule has 0 aromatic heterocycles. The quantitative estimate of drug-likeness (QED) is 0.921. The third kappa shape index (κ3) is 3.51. The number of aryl methyl sites for hydroxylation is 1. The molecular weight excluding hydrogens is 327 g/mol. The fourth-order valence-electron chi connectivity index (χ4n) is 4.26. The molecule has 1 aliphatic heterocycles. The van der Waals surface area contributed by atoms with Crippen molar-refractivity contribution in [2.24, 2.45) is 5.92 Å². The van der Waals surface area contributed by atoms with Crippen LogP contribution in [0, 0.1) is 11.7 Å². The lowest BCUT2D eigenvalue weighted by Gasteiger charge is -2.34. The minimum absolute atomic E-state index is 0.0588. The number of nitrogens with zero attached hydrogens (tertiary/aromatic N) is 1. The molecular formula is C22H25FN2O. The van der Waals surface area contributed by atoms with Crippen molar-refractivity contribution in [2.75, 3.05) is 13.6 Å². The summed E-state index contributed by atoms with van der Waals surface area (Å²) in [6.07, 6.45) is 3.50. The Bertz CT molecular complexity index is 820. The number of nitrogens with one attached hydrogen (secondary N) is 1. The summed E-state index contributed by atoms with van der Waals surface area (Å²) in [6, 6.07) is 13.7. The Morgan fingerprint density at radius 3 is 2.77 bits per heavy atom. The predicted octanol–water partition coefficient (Wildman–Crippen LogP) is 3.10. The Labute approximate surface area is 154 Å². The van der Waals surface area contributed by atoms with Gasteiger partial charge >= 0.3 is 0 Å². The summed E-state index contributed by atoms with van der Waals surface area (Å²) in [5, 5.41) is 3.15. The molecule has 0 radical (unpaired) electrons. The number of hydrogen-bond acceptors (Lipinski definition) is 2. The number of fused-ring (bicyclic) bond motifs is 2. The molecule has 2 aromatic carbocycles. The molecule has 2 atom stereocenters. The Hall–Kier alpha value is -2.20. The summed E-state index contributed by atoms with van der Waals surface area (Å²) in [5.41, 5.74) is 4.93. The van der Waals surface area contributed by atoms with Gasteiger partial charge in [-0.3, -0.25) is 9.69 Å². The SMILES string of the molecule is CN1Cc2ccc(F)cc2C[C@@H]1CNC(=O)C1CCc2ccccc2C1. The summed E-state index contributed by atoms with van der Waals surface area (Å²) in [5.74, 6) is 0.0263. The summed E-state index contributed by atoms with van der Waals surface area (Å²) >= 11 is 0. The normalized spacial score (nSPS) is 22.4. The molecule has 1 N–H and O–H groups in total. The van der Waals surface area contributed by atoms with E-state index in [1.54, 1.807) is 6.07 Å². The number of likely N-dealkylation sites (N-methyl/N-ethyl adjacent to an activating group) is 1. The highest BCUT2D eigenvalue weighted by molar-refractivity contribution is 5.79. The first kappa shape index (κ1) is 17.2. The van der Waals surface area contributed by atoms with Crippen LogP contribution in [0.5, 0.6) is 0 Å². The van der Waals surface area contributed by atoms with E-state index in [1.807, 2.05) is 12.1 Å². The molecule has 2 aliphatic rings. The number of hydrogen-bond donors (Lipinski definition) is 1. The molecule has 0 saturated carbocycles. The van der Waals surface area contributed by atoms with Crippen LogP contribution >= 0.6 is 0 Å². The first-order valence-corrected chi connectivity index (χ1v) is 9.42. The number of benzene rings is 2. The summed E-state index contributed by atoms with van der Waals surface area (Å²) in [6.45, 7) is 1.41. The second kappa shape index (κ2) is 7.20. The minimum atomic E-state index is -0.183. The average Bonchev–Trinajstić information content (AvgIpc) is 2.66. The van der Waals surface area contributed by atoms with Crippen molar-refractivity contribution in [3.05, 3.63) is 70.5 Å². The van der Waals surface area contributed by atoms with Crippen LogP contribution in [0.2, 0.25) is 0 Å². The Morgan fingerprint density at radius 2 is 1.92 bits per heavy atom. The van der Waals surface area contributed by atoms with Gasteiger partial charge in [-0.15, -0.1) is 0 Å². The van der Waals surface area contributed by atoms with E-state index >= 15 is 0 Å². The third-order valence-corrected chi connectivity index (χ3v) is 5.90. The fourth-order valence-corrected chi connectivity index (χ4v) is 4.26. The highest BCUT2D eigenvalue weighted by Crippen LogP contribution is 2.26. The van der Waals surface area contributed by atoms with Crippen molar-refractivity contribution in [3.8, 4) is 0 Å². The van der Waals surface area contributed by atoms with Crippen molar-refractivity contribution >= 4 is 5.91 Å². The molecule has 1 amide bonds. The molecule has 0 fully saturated rings. The molecule has 3 nitrogen and oxygen atoms in total. The van der Waals surface area contributed by atoms with Gasteiger partial charge in [0.25, 0.3) is 0 Å². The van der Waals surface area contributed by atoms with Gasteiger partial charge in [0, 0.05) is 25.0 Å². The molecule has 4 heteroatoms. The van der Waals surface area contributed by atoms with Gasteiger partial charge in [-0.2, -0.15) is 0 Å². The number of rotatable bonds is 3. The standard InChI is InChI=1S/C22H25FN2O/c1-25-14-18-8-9-20(23)11-19(18)12-21(25)13-24-22(26)17-7-6-15-4-2-3-5-16(15)10-17/h2-5,8-9,11,17,21H,6-7,10,12-14H2,1H3,(H,24,26)/t17?,21-/m1/s1. The van der Waals surface area contributed by atoms with Gasteiger partial charge in [-0.25, -0.2) is 4.39 Å². The summed E-state index contributed by atoms with van der Waals surface area (Å²) in [7, 11) is 2.07. The van der Waals surface area contributed by atoms with E-state index in [-0.39, 0.29) is 23.7 Å². The van der Waals surface area contributed by atoms with Crippen LogP contribution in [-0.4, -0.2) is 30.4 Å². The largest absolute Gasteiger partial charge is 0.354 e. The lowest BCUT2D eigenvalue weighted by Crippen LogP contribution is -2.47. The maximum absolute atomic E-state index is 13.5. The predicted molar refractivity (Wildman–Crippen MR) is 100 cm³/mol. The Morgan fingerprint density at radius 1 is 1.12 bits per heavy atom. The topological polar surface area (TPSA) is 32.3 Å². The number of carbonyl (C=O) groups is 1. The van der Waals surface area contributed by atoms with Crippen LogP contribution < -0.4 is 5.32 Å². The molecule has 0 spiro atoms. The van der Waals surface area contributed by atoms with Crippen LogP contribution in [0.25, 0.3) is 0 Å². The lowest BCUT2D eigenvalue weighted by atomic mass is 9.83. The smallest absolute Gasteiger partial charge is 0.223 e. The molecule has 2 aromatic rings. The van der Waals surface area contributed by atoms with E-state index in [4.69, 9.17) is 0 Å². The molecule has 26 heavy (non-hydrogen) atoms. The Kier molecular flexibility index (Phi) is 4.77. The second-order valence-electron chi connectivity index (χ2n) is 7.64. The molecule has 1 aliphatic carbocycles. The second-order valence-corrected chi connectivity index (χ2v) is 7.64. The van der Waals surface area contributed by atoms with E-state index in [0.29, 0.717) is 6.54 Å². The zero-order valence-electron chi connectivity index (χ0n) is 15.2. The van der Waals surface area contributed by atoms with Crippen LogP contribution in [0.15, 0.2) is 42.5 Å². The van der Waals surface area contributed by atoms with Crippen molar-refractivity contribution in [1.29, 1.82) is 0 Å². The number of amides is 1. The highest BCUT2D eigenvalue weighted by atomic mass is 19.1. The van der Waals surface area contributed by atoms with Crippen LogP contribution in [0.4, 0.5) is 4.39 Å². The van der Waals surface area contributed by atoms with Gasteiger partial charge in [-0.1, -0.05) is 30.3 Å². The summed E-state index contributed by atoms with van der Waals surface area (Å²) < 4.78 is 13.5. The van der Waals surface area contributed by atoms with E-state index in [2.05, 4.69) is 35.5 Å². The zero-order valence-corrected chi connectivity index (χ0v) is 15.2. The van der Waals surface area contributed by atoms with Crippen molar-refractivity contribution in [3.63, 3.8) is 0 Å². The molecule has 1 heterocycles. The zero-order chi connectivity index (χ0) is 18.1. The van der Waals surface area contributed by atoms with Gasteiger partial charge in [0.2, 0.25) is 5.91 Å². The Balaban J connectivity index is 1.36. The number of carbonyl (C=O) groups excluding carboxylic acids is 1. The first-order valence-electron chi connectivity index (χ1n) is 9.42. The van der Waals surface area contributed by atoms with Crippen LogP contribution in [0.3, 0.4) is 0 Å². The third-order valence-electron chi connectivity index (χ3n) is 5.90. The van der Waals surface area contributed by atoms with Gasteiger partial charge in [0.15, 0.2) is 0 Å². The minimum Gasteiger partial charge on any atom is -0.354 e. The molecule has 0 saturated heterocycles. The molecule has 1 unspecified atom stereocenters. The van der Waals surface area contributed by atoms with Crippen LogP contribution in [0.1, 0.15) is 28.7 Å². The average molecular weight is 352 g/mol. The van der Waals surface area contributed by atoms with Gasteiger partial charge < -0.3 is 5.32 Å². The van der Waals surface area contributed by atoms with Gasteiger partial charge in [-0.05, 0) is 67.1 Å². The van der Waals surface area contributed by atoms with Gasteiger partial charge in [0.05, 0.1) is 0 Å². The first-order chi connectivity index (χ1) is 12.6. The maximum atomic E-state index is 13.5.